The molecular formula is C20H23BN5OPS2. The van der Waals surface area contributed by atoms with E-state index >= 15 is 0 Å². The van der Waals surface area contributed by atoms with Crippen molar-refractivity contribution < 1.29 is 4.18 Å². The second-order valence-corrected chi connectivity index (χ2v) is 10.1. The van der Waals surface area contributed by atoms with Crippen molar-refractivity contribution in [2.75, 3.05) is 11.9 Å². The van der Waals surface area contributed by atoms with E-state index in [0.29, 0.717) is 17.7 Å². The van der Waals surface area contributed by atoms with Crippen molar-refractivity contribution >= 4 is 51.8 Å². The summed E-state index contributed by atoms with van der Waals surface area (Å²) < 4.78 is 5.39. The third-order valence-corrected chi connectivity index (χ3v) is 8.37. The lowest BCUT2D eigenvalue weighted by atomic mass is 9.65. The molecule has 0 spiro atoms. The summed E-state index contributed by atoms with van der Waals surface area (Å²) in [5, 5.41) is 18.5. The third-order valence-electron chi connectivity index (χ3n) is 6.65. The zero-order valence-electron chi connectivity index (χ0n) is 16.7. The molecule has 2 aliphatic carbocycles. The van der Waals surface area contributed by atoms with Crippen LogP contribution < -0.4 is 14.4 Å². The number of hydrogen-bond donors (Lipinski definition) is 2. The van der Waals surface area contributed by atoms with Crippen LogP contribution in [0.25, 0.3) is 21.7 Å². The predicted octanol–water partition coefficient (Wildman–Crippen LogP) is 3.90. The van der Waals surface area contributed by atoms with Crippen molar-refractivity contribution in [2.24, 2.45) is 11.8 Å². The van der Waals surface area contributed by atoms with Crippen LogP contribution in [0.1, 0.15) is 25.7 Å². The van der Waals surface area contributed by atoms with Crippen LogP contribution in [0.2, 0.25) is 5.82 Å². The number of hydrogen-bond acceptors (Lipinski definition) is 7. The van der Waals surface area contributed by atoms with Gasteiger partial charge in [-0.3, -0.25) is 5.10 Å². The number of rotatable bonds is 5. The summed E-state index contributed by atoms with van der Waals surface area (Å²) in [7, 11) is 11.5. The normalized spacial score (nSPS) is 25.4. The van der Waals surface area contributed by atoms with Gasteiger partial charge in [-0.1, -0.05) is 30.0 Å². The van der Waals surface area contributed by atoms with E-state index in [9.17, 15) is 0 Å². The van der Waals surface area contributed by atoms with Crippen LogP contribution in [0, 0.1) is 11.8 Å². The predicted molar refractivity (Wildman–Crippen MR) is 129 cm³/mol. The molecule has 2 heterocycles. The Bertz CT molecular complexity index is 1050. The van der Waals surface area contributed by atoms with Gasteiger partial charge >= 0.3 is 0 Å². The molecule has 3 aromatic rings. The Kier molecular flexibility index (Phi) is 5.54. The molecule has 5 atom stereocenters. The van der Waals surface area contributed by atoms with E-state index in [2.05, 4.69) is 54.5 Å². The second-order valence-electron chi connectivity index (χ2n) is 8.33. The standard InChI is InChI=1S/C20H23BN5OPS2/c1-26(15-5-10-2-3-11(4-10)18(15)21)20-25-24-19(30-20)14-7-17(28)13(6-16(14)27-29)12-8-22-23-9-12/h6-11,15,18,29H,2-5,28H2,1H3,(H,22,23)/t10-,11+,15+,18-/m1/s1. The zero-order chi connectivity index (χ0) is 20.8. The van der Waals surface area contributed by atoms with E-state index in [4.69, 9.17) is 12.0 Å². The Balaban J connectivity index is 1.44. The quantitative estimate of drug-likeness (QED) is 0.265. The van der Waals surface area contributed by atoms with Crippen molar-refractivity contribution in [1.82, 2.24) is 20.4 Å². The summed E-state index contributed by atoms with van der Waals surface area (Å²) in [6.07, 6.45) is 8.64. The minimum absolute atomic E-state index is 0.199. The first-order valence-corrected chi connectivity index (χ1v) is 11.9. The van der Waals surface area contributed by atoms with Crippen LogP contribution in [0.4, 0.5) is 5.13 Å². The average Bonchev–Trinajstić information content (AvgIpc) is 3.51. The maximum atomic E-state index is 6.62. The Morgan fingerprint density at radius 3 is 2.90 bits per heavy atom. The first-order chi connectivity index (χ1) is 14.5. The number of nitrogens with zero attached hydrogens (tertiary/aromatic N) is 4. The van der Waals surface area contributed by atoms with Gasteiger partial charge in [0, 0.05) is 37.8 Å². The minimum atomic E-state index is 0.199. The van der Waals surface area contributed by atoms with Gasteiger partial charge < -0.3 is 9.08 Å². The molecule has 5 rings (SSSR count). The topological polar surface area (TPSA) is 66.9 Å². The fraction of sp³-hybridized carbons (Fsp3) is 0.450. The van der Waals surface area contributed by atoms with Crippen LogP contribution >= 0.6 is 33.5 Å². The highest BCUT2D eigenvalue weighted by molar-refractivity contribution is 7.75. The molecule has 10 heteroatoms. The van der Waals surface area contributed by atoms with E-state index in [-0.39, 0.29) is 5.82 Å². The van der Waals surface area contributed by atoms with E-state index in [1.165, 1.54) is 19.3 Å². The fourth-order valence-electron chi connectivity index (χ4n) is 5.00. The molecule has 0 amide bonds. The molecule has 0 saturated heterocycles. The van der Waals surface area contributed by atoms with Gasteiger partial charge in [-0.25, -0.2) is 0 Å². The fourth-order valence-corrected chi connectivity index (χ4v) is 6.46. The number of fused-ring (bicyclic) bond motifs is 2. The van der Waals surface area contributed by atoms with Crippen LogP contribution in [-0.2, 0) is 0 Å². The van der Waals surface area contributed by atoms with Crippen LogP contribution in [-0.4, -0.2) is 41.3 Å². The van der Waals surface area contributed by atoms with Crippen molar-refractivity contribution in [1.29, 1.82) is 0 Å². The highest BCUT2D eigenvalue weighted by Crippen LogP contribution is 2.49. The summed E-state index contributed by atoms with van der Waals surface area (Å²) in [5.74, 6) is 2.28. The Morgan fingerprint density at radius 1 is 1.27 bits per heavy atom. The number of aromatic nitrogens is 4. The lowest BCUT2D eigenvalue weighted by molar-refractivity contribution is 0.314. The van der Waals surface area contributed by atoms with Gasteiger partial charge in [-0.05, 0) is 47.7 Å². The van der Waals surface area contributed by atoms with Gasteiger partial charge in [0.15, 0.2) is 5.01 Å². The summed E-state index contributed by atoms with van der Waals surface area (Å²) in [6.45, 7) is 0. The van der Waals surface area contributed by atoms with Gasteiger partial charge in [0.2, 0.25) is 5.13 Å². The van der Waals surface area contributed by atoms with E-state index in [1.54, 1.807) is 17.5 Å². The molecule has 6 nitrogen and oxygen atoms in total. The van der Waals surface area contributed by atoms with Crippen molar-refractivity contribution in [3.8, 4) is 27.4 Å². The monoisotopic (exact) mass is 455 g/mol. The molecule has 1 unspecified atom stereocenters. The molecule has 2 bridgehead atoms. The SMILES string of the molecule is [B][C@@H]1[C@H]2CC[C@H](C2)C[C@@H]1N(C)c1nnc(-c2cc(P)c(-c3cn[nH]c3)cc2OS)s1. The lowest BCUT2D eigenvalue weighted by Crippen LogP contribution is -2.41. The van der Waals surface area contributed by atoms with E-state index < -0.39 is 0 Å². The molecule has 2 aliphatic rings. The summed E-state index contributed by atoms with van der Waals surface area (Å²) in [6, 6.07) is 4.31. The van der Waals surface area contributed by atoms with Crippen molar-refractivity contribution in [2.45, 2.75) is 37.5 Å². The van der Waals surface area contributed by atoms with E-state index in [0.717, 1.165) is 44.5 Å². The molecule has 2 aromatic heterocycles. The first-order valence-electron chi connectivity index (χ1n) is 10.1. The maximum absolute atomic E-state index is 6.62. The van der Waals surface area contributed by atoms with Gasteiger partial charge in [-0.15, -0.1) is 19.4 Å². The molecule has 30 heavy (non-hydrogen) atoms. The van der Waals surface area contributed by atoms with Crippen LogP contribution in [0.15, 0.2) is 24.5 Å². The molecule has 154 valence electrons. The Hall–Kier alpha value is -1.57. The number of aromatic amines is 1. The molecule has 1 aromatic carbocycles. The largest absolute Gasteiger partial charge is 0.428 e. The van der Waals surface area contributed by atoms with Crippen LogP contribution in [0.3, 0.4) is 0 Å². The highest BCUT2D eigenvalue weighted by atomic mass is 32.1. The van der Waals surface area contributed by atoms with E-state index in [1.807, 2.05) is 18.3 Å². The second kappa shape index (κ2) is 8.17. The van der Waals surface area contributed by atoms with Crippen molar-refractivity contribution in [3.63, 3.8) is 0 Å². The molecule has 2 saturated carbocycles. The molecule has 0 aliphatic heterocycles. The Labute approximate surface area is 189 Å². The zero-order valence-corrected chi connectivity index (χ0v) is 19.5. The molecule has 2 radical (unpaired) electrons. The number of thiol groups is 1. The van der Waals surface area contributed by atoms with Gasteiger partial charge in [-0.2, -0.15) is 5.10 Å². The number of anilines is 1. The molecule has 2 fully saturated rings. The van der Waals surface area contributed by atoms with Gasteiger partial charge in [0.25, 0.3) is 0 Å². The lowest BCUT2D eigenvalue weighted by Gasteiger charge is -2.40. The number of H-pyrrole nitrogens is 1. The van der Waals surface area contributed by atoms with Gasteiger partial charge in [0.05, 0.1) is 19.6 Å². The average molecular weight is 455 g/mol. The summed E-state index contributed by atoms with van der Waals surface area (Å²) in [5.41, 5.74) is 2.86. The summed E-state index contributed by atoms with van der Waals surface area (Å²) >= 11 is 5.64. The molecular weight excluding hydrogens is 432 g/mol. The number of nitrogens with one attached hydrogen (secondary N) is 1. The van der Waals surface area contributed by atoms with Crippen molar-refractivity contribution in [3.05, 3.63) is 24.5 Å². The Morgan fingerprint density at radius 2 is 2.13 bits per heavy atom. The van der Waals surface area contributed by atoms with Gasteiger partial charge in [0.1, 0.15) is 5.75 Å². The number of benzene rings is 1. The minimum Gasteiger partial charge on any atom is -0.428 e. The third kappa shape index (κ3) is 3.55. The highest BCUT2D eigenvalue weighted by Gasteiger charge is 2.41. The molecule has 1 N–H and O–H groups in total. The first kappa shape index (κ1) is 20.3. The van der Waals surface area contributed by atoms with Crippen LogP contribution in [0.5, 0.6) is 5.75 Å². The summed E-state index contributed by atoms with van der Waals surface area (Å²) in [4.78, 5) is 2.24. The maximum Gasteiger partial charge on any atom is 0.208 e. The smallest absolute Gasteiger partial charge is 0.208 e.